The number of aliphatic carboxylic acids is 1. The van der Waals surface area contributed by atoms with Crippen molar-refractivity contribution in [1.82, 2.24) is 5.32 Å². The number of alkyl halides is 3. The van der Waals surface area contributed by atoms with E-state index in [1.165, 1.54) is 12.1 Å². The lowest BCUT2D eigenvalue weighted by Crippen LogP contribution is -2.73. The third-order valence-corrected chi connectivity index (χ3v) is 4.68. The first-order valence-corrected chi connectivity index (χ1v) is 8.19. The predicted molar refractivity (Wildman–Crippen MR) is 92.0 cm³/mol. The highest BCUT2D eigenvalue weighted by Gasteiger charge is 2.50. The number of halogens is 3. The lowest BCUT2D eigenvalue weighted by molar-refractivity contribution is -0.146. The summed E-state index contributed by atoms with van der Waals surface area (Å²) in [5.74, 6) is -0.969. The SMILES string of the molecule is C[C@H](NC1(C(=O)O)CN(c2ccccc2)C1)c1ccc(C(F)(F)F)cc1. The van der Waals surface area contributed by atoms with Gasteiger partial charge in [0, 0.05) is 24.8 Å². The molecular weight excluding hydrogens is 345 g/mol. The molecule has 1 atom stereocenters. The van der Waals surface area contributed by atoms with Crippen LogP contribution in [0, 0.1) is 0 Å². The zero-order valence-corrected chi connectivity index (χ0v) is 14.1. The Balaban J connectivity index is 1.70. The summed E-state index contributed by atoms with van der Waals surface area (Å²) in [4.78, 5) is 13.7. The number of hydrogen-bond acceptors (Lipinski definition) is 3. The number of benzene rings is 2. The summed E-state index contributed by atoms with van der Waals surface area (Å²) in [5, 5.41) is 12.7. The van der Waals surface area contributed by atoms with Crippen molar-refractivity contribution in [3.63, 3.8) is 0 Å². The highest BCUT2D eigenvalue weighted by molar-refractivity contribution is 5.84. The normalized spacial score (nSPS) is 17.5. The third kappa shape index (κ3) is 3.53. The summed E-state index contributed by atoms with van der Waals surface area (Å²) in [7, 11) is 0. The van der Waals surface area contributed by atoms with Crippen molar-refractivity contribution in [2.45, 2.75) is 24.7 Å². The zero-order valence-electron chi connectivity index (χ0n) is 14.1. The predicted octanol–water partition coefficient (Wildman–Crippen LogP) is 3.70. The third-order valence-electron chi connectivity index (χ3n) is 4.68. The first-order valence-electron chi connectivity index (χ1n) is 8.19. The molecule has 0 aliphatic carbocycles. The molecule has 26 heavy (non-hydrogen) atoms. The first kappa shape index (κ1) is 18.3. The van der Waals surface area contributed by atoms with E-state index in [-0.39, 0.29) is 13.1 Å². The maximum Gasteiger partial charge on any atom is 0.416 e. The Morgan fingerprint density at radius 2 is 1.69 bits per heavy atom. The number of carboxylic acid groups (broad SMARTS) is 1. The average molecular weight is 364 g/mol. The molecule has 0 bridgehead atoms. The Bertz CT molecular complexity index is 770. The lowest BCUT2D eigenvalue weighted by atomic mass is 9.87. The van der Waals surface area contributed by atoms with E-state index in [1.54, 1.807) is 6.92 Å². The number of anilines is 1. The second-order valence-corrected chi connectivity index (χ2v) is 6.56. The molecule has 0 radical (unpaired) electrons. The van der Waals surface area contributed by atoms with Crippen molar-refractivity contribution in [2.24, 2.45) is 0 Å². The molecule has 0 aromatic heterocycles. The molecule has 0 saturated carbocycles. The van der Waals surface area contributed by atoms with Crippen molar-refractivity contribution in [3.8, 4) is 0 Å². The van der Waals surface area contributed by atoms with Gasteiger partial charge in [-0.25, -0.2) is 0 Å². The molecular formula is C19H19F3N2O2. The van der Waals surface area contributed by atoms with Crippen LogP contribution in [0.3, 0.4) is 0 Å². The van der Waals surface area contributed by atoms with Gasteiger partial charge in [-0.15, -0.1) is 0 Å². The molecule has 2 N–H and O–H groups in total. The second-order valence-electron chi connectivity index (χ2n) is 6.56. The van der Waals surface area contributed by atoms with Gasteiger partial charge < -0.3 is 10.0 Å². The van der Waals surface area contributed by atoms with E-state index in [0.717, 1.165) is 17.8 Å². The van der Waals surface area contributed by atoms with Crippen LogP contribution in [0.25, 0.3) is 0 Å². The number of hydrogen-bond donors (Lipinski definition) is 2. The molecule has 1 saturated heterocycles. The molecule has 2 aromatic rings. The van der Waals surface area contributed by atoms with Crippen LogP contribution < -0.4 is 10.2 Å². The van der Waals surface area contributed by atoms with Gasteiger partial charge in [0.2, 0.25) is 0 Å². The molecule has 0 amide bonds. The number of nitrogens with zero attached hydrogens (tertiary/aromatic N) is 1. The fraction of sp³-hybridized carbons (Fsp3) is 0.316. The van der Waals surface area contributed by atoms with Crippen LogP contribution in [0.1, 0.15) is 24.1 Å². The van der Waals surface area contributed by atoms with E-state index in [2.05, 4.69) is 5.32 Å². The van der Waals surface area contributed by atoms with Crippen LogP contribution in [0.15, 0.2) is 54.6 Å². The van der Waals surface area contributed by atoms with Gasteiger partial charge in [0.25, 0.3) is 0 Å². The lowest BCUT2D eigenvalue weighted by Gasteiger charge is -2.50. The molecule has 2 aromatic carbocycles. The summed E-state index contributed by atoms with van der Waals surface area (Å²) in [6.07, 6.45) is -4.39. The minimum absolute atomic E-state index is 0.289. The Kier molecular flexibility index (Phi) is 4.66. The number of para-hydroxylation sites is 1. The highest BCUT2D eigenvalue weighted by atomic mass is 19.4. The fourth-order valence-electron chi connectivity index (χ4n) is 3.17. The van der Waals surface area contributed by atoms with Gasteiger partial charge in [-0.1, -0.05) is 30.3 Å². The van der Waals surface area contributed by atoms with Gasteiger partial charge in [0.15, 0.2) is 5.54 Å². The Labute approximate surface area is 149 Å². The van der Waals surface area contributed by atoms with Gasteiger partial charge in [-0.05, 0) is 36.8 Å². The zero-order chi connectivity index (χ0) is 18.9. The molecule has 7 heteroatoms. The van der Waals surface area contributed by atoms with E-state index >= 15 is 0 Å². The minimum Gasteiger partial charge on any atom is -0.480 e. The molecule has 0 spiro atoms. The van der Waals surface area contributed by atoms with E-state index in [4.69, 9.17) is 0 Å². The van der Waals surface area contributed by atoms with Gasteiger partial charge in [-0.2, -0.15) is 13.2 Å². The summed E-state index contributed by atoms with van der Waals surface area (Å²) in [6, 6.07) is 13.9. The minimum atomic E-state index is -4.39. The first-order chi connectivity index (χ1) is 12.2. The van der Waals surface area contributed by atoms with Crippen LogP contribution in [0.5, 0.6) is 0 Å². The Morgan fingerprint density at radius 3 is 2.19 bits per heavy atom. The van der Waals surface area contributed by atoms with Gasteiger partial charge in [0.05, 0.1) is 5.56 Å². The number of nitrogens with one attached hydrogen (secondary N) is 1. The van der Waals surface area contributed by atoms with E-state index in [0.29, 0.717) is 5.56 Å². The van der Waals surface area contributed by atoms with Crippen LogP contribution in [0.2, 0.25) is 0 Å². The molecule has 4 nitrogen and oxygen atoms in total. The molecule has 138 valence electrons. The molecule has 1 aliphatic rings. The molecule has 1 fully saturated rings. The summed E-state index contributed by atoms with van der Waals surface area (Å²) < 4.78 is 38.0. The number of rotatable bonds is 5. The quantitative estimate of drug-likeness (QED) is 0.850. The molecule has 3 rings (SSSR count). The van der Waals surface area contributed by atoms with Crippen LogP contribution in [-0.2, 0) is 11.0 Å². The number of carbonyl (C=O) groups is 1. The van der Waals surface area contributed by atoms with Crippen LogP contribution >= 0.6 is 0 Å². The van der Waals surface area contributed by atoms with E-state index in [9.17, 15) is 23.1 Å². The maximum atomic E-state index is 12.7. The van der Waals surface area contributed by atoms with Crippen LogP contribution in [-0.4, -0.2) is 29.7 Å². The standard InChI is InChI=1S/C19H19F3N2O2/c1-13(14-7-9-15(10-8-14)19(20,21)22)23-18(17(25)26)11-24(12-18)16-5-3-2-4-6-16/h2-10,13,23H,11-12H2,1H3,(H,25,26)/t13-/m0/s1. The smallest absolute Gasteiger partial charge is 0.416 e. The second kappa shape index (κ2) is 6.64. The Morgan fingerprint density at radius 1 is 1.12 bits per heavy atom. The summed E-state index contributed by atoms with van der Waals surface area (Å²) in [5.41, 5.74) is -0.303. The topological polar surface area (TPSA) is 52.6 Å². The summed E-state index contributed by atoms with van der Waals surface area (Å²) in [6.45, 7) is 2.33. The summed E-state index contributed by atoms with van der Waals surface area (Å²) >= 11 is 0. The molecule has 1 heterocycles. The van der Waals surface area contributed by atoms with Crippen molar-refractivity contribution in [2.75, 3.05) is 18.0 Å². The monoisotopic (exact) mass is 364 g/mol. The van der Waals surface area contributed by atoms with Gasteiger partial charge in [0.1, 0.15) is 0 Å². The van der Waals surface area contributed by atoms with Gasteiger partial charge in [-0.3, -0.25) is 10.1 Å². The maximum absolute atomic E-state index is 12.7. The van der Waals surface area contributed by atoms with Crippen molar-refractivity contribution in [3.05, 3.63) is 65.7 Å². The highest BCUT2D eigenvalue weighted by Crippen LogP contribution is 2.32. The van der Waals surface area contributed by atoms with E-state index < -0.39 is 29.3 Å². The number of carboxylic acids is 1. The van der Waals surface area contributed by atoms with Crippen molar-refractivity contribution < 1.29 is 23.1 Å². The van der Waals surface area contributed by atoms with Gasteiger partial charge >= 0.3 is 12.1 Å². The van der Waals surface area contributed by atoms with E-state index in [1.807, 2.05) is 35.2 Å². The average Bonchev–Trinajstić information content (AvgIpc) is 2.57. The van der Waals surface area contributed by atoms with Crippen molar-refractivity contribution >= 4 is 11.7 Å². The fourth-order valence-corrected chi connectivity index (χ4v) is 3.17. The van der Waals surface area contributed by atoms with Crippen LogP contribution in [0.4, 0.5) is 18.9 Å². The Hall–Kier alpha value is -2.54. The molecule has 0 unspecified atom stereocenters. The molecule has 1 aliphatic heterocycles. The largest absolute Gasteiger partial charge is 0.480 e. The van der Waals surface area contributed by atoms with Crippen molar-refractivity contribution in [1.29, 1.82) is 0 Å².